The summed E-state index contributed by atoms with van der Waals surface area (Å²) in [5.74, 6) is 0.443. The van der Waals surface area contributed by atoms with Gasteiger partial charge in [-0.3, -0.25) is 0 Å². The van der Waals surface area contributed by atoms with Gasteiger partial charge in [-0.15, -0.1) is 0 Å². The van der Waals surface area contributed by atoms with Crippen molar-refractivity contribution in [2.24, 2.45) is 17.4 Å². The van der Waals surface area contributed by atoms with Crippen molar-refractivity contribution in [3.05, 3.63) is 33.8 Å². The summed E-state index contributed by atoms with van der Waals surface area (Å²) in [7, 11) is 0. The minimum Gasteiger partial charge on any atom is -0.330 e. The number of hydrogen-bond acceptors (Lipinski definition) is 2. The Morgan fingerprint density at radius 3 is 2.47 bits per heavy atom. The van der Waals surface area contributed by atoms with E-state index in [4.69, 9.17) is 11.5 Å². The second-order valence-corrected chi connectivity index (χ2v) is 4.83. The van der Waals surface area contributed by atoms with Crippen molar-refractivity contribution in [3.8, 4) is 0 Å². The van der Waals surface area contributed by atoms with Crippen molar-refractivity contribution < 1.29 is 0 Å². The van der Waals surface area contributed by atoms with Gasteiger partial charge in [0.1, 0.15) is 0 Å². The van der Waals surface area contributed by atoms with Crippen LogP contribution in [0.5, 0.6) is 0 Å². The van der Waals surface area contributed by atoms with Crippen molar-refractivity contribution in [3.63, 3.8) is 0 Å². The van der Waals surface area contributed by atoms with E-state index >= 15 is 0 Å². The normalized spacial score (nSPS) is 11.0. The molecule has 1 aromatic carbocycles. The van der Waals surface area contributed by atoms with Gasteiger partial charge in [0.15, 0.2) is 0 Å². The first-order valence-electron chi connectivity index (χ1n) is 5.32. The first-order chi connectivity index (χ1) is 7.17. The molecule has 0 amide bonds. The number of hydrogen-bond donors (Lipinski definition) is 2. The molecule has 0 saturated heterocycles. The summed E-state index contributed by atoms with van der Waals surface area (Å²) in [5.41, 5.74) is 13.9. The average molecular weight is 271 g/mol. The Morgan fingerprint density at radius 1 is 1.27 bits per heavy atom. The fourth-order valence-corrected chi connectivity index (χ4v) is 2.24. The van der Waals surface area contributed by atoms with E-state index in [1.165, 1.54) is 15.6 Å². The molecule has 0 spiro atoms. The van der Waals surface area contributed by atoms with Gasteiger partial charge in [0.05, 0.1) is 0 Å². The molecule has 1 aromatic rings. The molecule has 0 saturated carbocycles. The van der Waals surface area contributed by atoms with Crippen LogP contribution in [-0.2, 0) is 6.42 Å². The first kappa shape index (κ1) is 12.7. The first-order valence-corrected chi connectivity index (χ1v) is 6.11. The van der Waals surface area contributed by atoms with Gasteiger partial charge in [0.25, 0.3) is 0 Å². The van der Waals surface area contributed by atoms with Crippen LogP contribution in [0.2, 0.25) is 0 Å². The predicted octanol–water partition coefficient (Wildman–Crippen LogP) is 2.22. The standard InChI is InChI=1S/C12H19BrN2/c1-9-2-4-11(12(13)6-9)5-3-10(7-14)8-15/h2,4,6,10H,3,5,7-8,14-15H2,1H3. The Bertz CT molecular complexity index is 308. The molecule has 0 bridgehead atoms. The smallest absolute Gasteiger partial charge is 0.0209 e. The van der Waals surface area contributed by atoms with Crippen LogP contribution in [-0.4, -0.2) is 13.1 Å². The van der Waals surface area contributed by atoms with E-state index in [0.717, 1.165) is 12.8 Å². The molecular weight excluding hydrogens is 252 g/mol. The van der Waals surface area contributed by atoms with Crippen LogP contribution in [0.25, 0.3) is 0 Å². The van der Waals surface area contributed by atoms with Gasteiger partial charge in [-0.1, -0.05) is 28.1 Å². The maximum Gasteiger partial charge on any atom is 0.0209 e. The lowest BCUT2D eigenvalue weighted by molar-refractivity contribution is 0.507. The molecule has 0 radical (unpaired) electrons. The van der Waals surface area contributed by atoms with Gasteiger partial charge >= 0.3 is 0 Å². The molecule has 0 aromatic heterocycles. The maximum absolute atomic E-state index is 5.62. The number of aryl methyl sites for hydroxylation is 2. The molecule has 3 heteroatoms. The summed E-state index contributed by atoms with van der Waals surface area (Å²) in [4.78, 5) is 0. The van der Waals surface area contributed by atoms with E-state index in [0.29, 0.717) is 19.0 Å². The molecule has 0 fully saturated rings. The van der Waals surface area contributed by atoms with Gasteiger partial charge in [0.2, 0.25) is 0 Å². The fraction of sp³-hybridized carbons (Fsp3) is 0.500. The lowest BCUT2D eigenvalue weighted by atomic mass is 9.99. The molecule has 2 nitrogen and oxygen atoms in total. The number of halogens is 1. The molecule has 4 N–H and O–H groups in total. The second-order valence-electron chi connectivity index (χ2n) is 3.97. The van der Waals surface area contributed by atoms with Crippen molar-refractivity contribution in [2.45, 2.75) is 19.8 Å². The summed E-state index contributed by atoms with van der Waals surface area (Å²) in [6.45, 7) is 3.46. The van der Waals surface area contributed by atoms with Crippen LogP contribution in [0.4, 0.5) is 0 Å². The highest BCUT2D eigenvalue weighted by Crippen LogP contribution is 2.20. The predicted molar refractivity (Wildman–Crippen MR) is 68.8 cm³/mol. The molecule has 15 heavy (non-hydrogen) atoms. The summed E-state index contributed by atoms with van der Waals surface area (Å²) in [5, 5.41) is 0. The number of benzene rings is 1. The van der Waals surface area contributed by atoms with Crippen LogP contribution < -0.4 is 11.5 Å². The summed E-state index contributed by atoms with van der Waals surface area (Å²) in [6, 6.07) is 6.46. The third-order valence-electron chi connectivity index (χ3n) is 2.70. The second kappa shape index (κ2) is 6.26. The summed E-state index contributed by atoms with van der Waals surface area (Å²) < 4.78 is 1.19. The van der Waals surface area contributed by atoms with E-state index < -0.39 is 0 Å². The molecule has 0 aliphatic carbocycles. The highest BCUT2D eigenvalue weighted by atomic mass is 79.9. The minimum atomic E-state index is 0.443. The zero-order valence-electron chi connectivity index (χ0n) is 9.17. The quantitative estimate of drug-likeness (QED) is 0.862. The topological polar surface area (TPSA) is 52.0 Å². The maximum atomic E-state index is 5.62. The third kappa shape index (κ3) is 3.93. The molecule has 0 aliphatic heterocycles. The van der Waals surface area contributed by atoms with Crippen LogP contribution in [0, 0.1) is 12.8 Å². The lowest BCUT2D eigenvalue weighted by Gasteiger charge is -2.12. The van der Waals surface area contributed by atoms with Gasteiger partial charge in [-0.2, -0.15) is 0 Å². The molecular formula is C12H19BrN2. The van der Waals surface area contributed by atoms with Crippen LogP contribution in [0.15, 0.2) is 22.7 Å². The summed E-state index contributed by atoms with van der Waals surface area (Å²) in [6.07, 6.45) is 2.11. The Morgan fingerprint density at radius 2 is 1.93 bits per heavy atom. The highest BCUT2D eigenvalue weighted by molar-refractivity contribution is 9.10. The van der Waals surface area contributed by atoms with Gasteiger partial charge in [0, 0.05) is 4.47 Å². The molecule has 0 unspecified atom stereocenters. The van der Waals surface area contributed by atoms with E-state index in [1.807, 2.05) is 0 Å². The SMILES string of the molecule is Cc1ccc(CCC(CN)CN)c(Br)c1. The van der Waals surface area contributed by atoms with Crippen LogP contribution in [0.3, 0.4) is 0 Å². The van der Waals surface area contributed by atoms with Crippen molar-refractivity contribution in [1.82, 2.24) is 0 Å². The van der Waals surface area contributed by atoms with E-state index in [-0.39, 0.29) is 0 Å². The largest absolute Gasteiger partial charge is 0.330 e. The number of nitrogens with two attached hydrogens (primary N) is 2. The van der Waals surface area contributed by atoms with E-state index in [9.17, 15) is 0 Å². The van der Waals surface area contributed by atoms with Gasteiger partial charge in [-0.25, -0.2) is 0 Å². The third-order valence-corrected chi connectivity index (χ3v) is 3.44. The number of rotatable bonds is 5. The monoisotopic (exact) mass is 270 g/mol. The zero-order chi connectivity index (χ0) is 11.3. The molecule has 0 heterocycles. The van der Waals surface area contributed by atoms with Crippen LogP contribution >= 0.6 is 15.9 Å². The van der Waals surface area contributed by atoms with Crippen molar-refractivity contribution >= 4 is 15.9 Å². The average Bonchev–Trinajstić information content (AvgIpc) is 2.22. The van der Waals surface area contributed by atoms with Gasteiger partial charge < -0.3 is 11.5 Å². The summed E-state index contributed by atoms with van der Waals surface area (Å²) >= 11 is 3.58. The van der Waals surface area contributed by atoms with Crippen molar-refractivity contribution in [1.29, 1.82) is 0 Å². The molecule has 84 valence electrons. The highest BCUT2D eigenvalue weighted by Gasteiger charge is 2.06. The minimum absolute atomic E-state index is 0.443. The molecule has 1 rings (SSSR count). The zero-order valence-corrected chi connectivity index (χ0v) is 10.8. The molecule has 0 atom stereocenters. The van der Waals surface area contributed by atoms with Crippen molar-refractivity contribution in [2.75, 3.05) is 13.1 Å². The van der Waals surface area contributed by atoms with Gasteiger partial charge in [-0.05, 0) is 56.0 Å². The molecule has 0 aliphatic rings. The van der Waals surface area contributed by atoms with E-state index in [1.54, 1.807) is 0 Å². The Hall–Kier alpha value is -0.380. The Labute approximate surface area is 100 Å². The fourth-order valence-electron chi connectivity index (χ4n) is 1.55. The van der Waals surface area contributed by atoms with E-state index in [2.05, 4.69) is 41.1 Å². The Kier molecular flexibility index (Phi) is 5.29. The lowest BCUT2D eigenvalue weighted by Crippen LogP contribution is -2.23. The van der Waals surface area contributed by atoms with Crippen LogP contribution in [0.1, 0.15) is 17.5 Å². The Balaban J connectivity index is 2.57.